The molecule has 5 heteroatoms. The van der Waals surface area contributed by atoms with Crippen LogP contribution in [0, 0.1) is 17.1 Å². The van der Waals surface area contributed by atoms with Crippen molar-refractivity contribution >= 4 is 27.4 Å². The molecule has 0 unspecified atom stereocenters. The lowest BCUT2D eigenvalue weighted by Crippen LogP contribution is -1.94. The van der Waals surface area contributed by atoms with E-state index in [-0.39, 0.29) is 5.82 Å². The van der Waals surface area contributed by atoms with Gasteiger partial charge in [-0.2, -0.15) is 5.26 Å². The fourth-order valence-electron chi connectivity index (χ4n) is 1.26. The fraction of sp³-hybridized carbons (Fsp3) is 0. The van der Waals surface area contributed by atoms with Crippen molar-refractivity contribution in [2.75, 3.05) is 5.32 Å². The molecular formula is C12H7BrFN3. The summed E-state index contributed by atoms with van der Waals surface area (Å²) in [6.45, 7) is 0. The summed E-state index contributed by atoms with van der Waals surface area (Å²) in [5.74, 6) is 0.284. The average Bonchev–Trinajstić information content (AvgIpc) is 2.34. The van der Waals surface area contributed by atoms with Gasteiger partial charge in [-0.25, -0.2) is 9.37 Å². The van der Waals surface area contributed by atoms with Crippen LogP contribution >= 0.6 is 15.9 Å². The van der Waals surface area contributed by atoms with Gasteiger partial charge >= 0.3 is 0 Å². The summed E-state index contributed by atoms with van der Waals surface area (Å²) in [6.07, 6.45) is 1.47. The van der Waals surface area contributed by atoms with E-state index in [1.54, 1.807) is 18.2 Å². The molecule has 1 heterocycles. The Bertz CT molecular complexity index is 575. The first kappa shape index (κ1) is 11.6. The molecule has 0 atom stereocenters. The molecule has 3 nitrogen and oxygen atoms in total. The Hall–Kier alpha value is -1.93. The van der Waals surface area contributed by atoms with Gasteiger partial charge in [0.25, 0.3) is 0 Å². The van der Waals surface area contributed by atoms with Crippen molar-refractivity contribution in [2.24, 2.45) is 0 Å². The van der Waals surface area contributed by atoms with E-state index in [0.717, 1.165) is 0 Å². The Kier molecular flexibility index (Phi) is 3.35. The summed E-state index contributed by atoms with van der Waals surface area (Å²) in [6, 6.07) is 9.67. The average molecular weight is 292 g/mol. The molecule has 2 rings (SSSR count). The third-order valence-corrected chi connectivity index (χ3v) is 2.74. The van der Waals surface area contributed by atoms with Crippen molar-refractivity contribution < 1.29 is 4.39 Å². The molecule has 0 aliphatic heterocycles. The molecule has 1 aromatic heterocycles. The van der Waals surface area contributed by atoms with Crippen LogP contribution in [-0.2, 0) is 0 Å². The minimum Gasteiger partial charge on any atom is -0.339 e. The molecule has 0 bridgehead atoms. The van der Waals surface area contributed by atoms with Gasteiger partial charge in [-0.1, -0.05) is 0 Å². The van der Waals surface area contributed by atoms with Crippen LogP contribution in [0.4, 0.5) is 15.9 Å². The molecule has 0 spiro atoms. The SMILES string of the molecule is N#Cc1ccc(Nc2ccc(F)cc2Br)nc1. The van der Waals surface area contributed by atoms with E-state index in [1.165, 1.54) is 18.3 Å². The molecule has 1 aromatic carbocycles. The van der Waals surface area contributed by atoms with Gasteiger partial charge in [0, 0.05) is 10.7 Å². The van der Waals surface area contributed by atoms with Gasteiger partial charge < -0.3 is 5.32 Å². The number of pyridine rings is 1. The fourth-order valence-corrected chi connectivity index (χ4v) is 1.71. The second kappa shape index (κ2) is 4.93. The highest BCUT2D eigenvalue weighted by molar-refractivity contribution is 9.10. The van der Waals surface area contributed by atoms with Gasteiger partial charge in [0.15, 0.2) is 0 Å². The maximum atomic E-state index is 12.9. The summed E-state index contributed by atoms with van der Waals surface area (Å²) >= 11 is 3.25. The Morgan fingerprint density at radius 3 is 2.71 bits per heavy atom. The van der Waals surface area contributed by atoms with E-state index < -0.39 is 0 Å². The maximum Gasteiger partial charge on any atom is 0.130 e. The molecule has 84 valence electrons. The first-order chi connectivity index (χ1) is 8.19. The third kappa shape index (κ3) is 2.80. The van der Waals surface area contributed by atoms with Crippen molar-refractivity contribution in [3.05, 3.63) is 52.4 Å². The van der Waals surface area contributed by atoms with Crippen LogP contribution in [-0.4, -0.2) is 4.98 Å². The zero-order chi connectivity index (χ0) is 12.3. The number of rotatable bonds is 2. The zero-order valence-corrected chi connectivity index (χ0v) is 10.2. The molecule has 0 fully saturated rings. The van der Waals surface area contributed by atoms with E-state index in [9.17, 15) is 4.39 Å². The highest BCUT2D eigenvalue weighted by Crippen LogP contribution is 2.25. The van der Waals surface area contributed by atoms with Gasteiger partial charge in [-0.15, -0.1) is 0 Å². The van der Waals surface area contributed by atoms with Gasteiger partial charge in [-0.05, 0) is 46.3 Å². The number of aromatic nitrogens is 1. The summed E-state index contributed by atoms with van der Waals surface area (Å²) < 4.78 is 13.5. The number of hydrogen-bond donors (Lipinski definition) is 1. The highest BCUT2D eigenvalue weighted by Gasteiger charge is 2.02. The van der Waals surface area contributed by atoms with Crippen molar-refractivity contribution in [3.63, 3.8) is 0 Å². The van der Waals surface area contributed by atoms with Gasteiger partial charge in [0.1, 0.15) is 17.7 Å². The first-order valence-electron chi connectivity index (χ1n) is 4.77. The van der Waals surface area contributed by atoms with E-state index in [0.29, 0.717) is 21.5 Å². The first-order valence-corrected chi connectivity index (χ1v) is 5.56. The summed E-state index contributed by atoms with van der Waals surface area (Å²) in [4.78, 5) is 4.06. The van der Waals surface area contributed by atoms with E-state index in [2.05, 4.69) is 26.2 Å². The van der Waals surface area contributed by atoms with Crippen LogP contribution in [0.1, 0.15) is 5.56 Å². The van der Waals surface area contributed by atoms with Crippen LogP contribution in [0.25, 0.3) is 0 Å². The summed E-state index contributed by atoms with van der Waals surface area (Å²) in [5, 5.41) is 11.6. The second-order valence-corrected chi connectivity index (χ2v) is 4.15. The largest absolute Gasteiger partial charge is 0.339 e. The zero-order valence-electron chi connectivity index (χ0n) is 8.61. The lowest BCUT2D eigenvalue weighted by Gasteiger charge is -2.07. The molecule has 0 amide bonds. The van der Waals surface area contributed by atoms with Crippen molar-refractivity contribution in [1.29, 1.82) is 5.26 Å². The second-order valence-electron chi connectivity index (χ2n) is 3.29. The van der Waals surface area contributed by atoms with Gasteiger partial charge in [-0.3, -0.25) is 0 Å². The highest BCUT2D eigenvalue weighted by atomic mass is 79.9. The Morgan fingerprint density at radius 1 is 1.29 bits per heavy atom. The molecular weight excluding hydrogens is 285 g/mol. The van der Waals surface area contributed by atoms with Crippen LogP contribution in [0.5, 0.6) is 0 Å². The van der Waals surface area contributed by atoms with E-state index in [1.807, 2.05) is 6.07 Å². The van der Waals surface area contributed by atoms with Gasteiger partial charge in [0.05, 0.1) is 11.3 Å². The number of nitrogens with zero attached hydrogens (tertiary/aromatic N) is 2. The van der Waals surface area contributed by atoms with Crippen LogP contribution in [0.15, 0.2) is 41.0 Å². The number of nitriles is 1. The number of benzene rings is 1. The molecule has 0 aliphatic rings. The summed E-state index contributed by atoms with van der Waals surface area (Å²) in [7, 11) is 0. The number of nitrogens with one attached hydrogen (secondary N) is 1. The van der Waals surface area contributed by atoms with Crippen molar-refractivity contribution in [3.8, 4) is 6.07 Å². The topological polar surface area (TPSA) is 48.7 Å². The minimum absolute atomic E-state index is 0.310. The lowest BCUT2D eigenvalue weighted by atomic mass is 10.3. The molecule has 0 aliphatic carbocycles. The predicted molar refractivity (Wildman–Crippen MR) is 66.3 cm³/mol. The minimum atomic E-state index is -0.310. The molecule has 0 radical (unpaired) electrons. The van der Waals surface area contributed by atoms with E-state index >= 15 is 0 Å². The third-order valence-electron chi connectivity index (χ3n) is 2.09. The van der Waals surface area contributed by atoms with Crippen LogP contribution in [0.2, 0.25) is 0 Å². The monoisotopic (exact) mass is 291 g/mol. The standard InChI is InChI=1S/C12H7BrFN3/c13-10-5-9(14)2-3-11(10)17-12-4-1-8(6-15)7-16-12/h1-5,7H,(H,16,17). The summed E-state index contributed by atoms with van der Waals surface area (Å²) in [5.41, 5.74) is 1.21. The Morgan fingerprint density at radius 2 is 2.12 bits per heavy atom. The molecule has 2 aromatic rings. The molecule has 1 N–H and O–H groups in total. The Balaban J connectivity index is 2.23. The van der Waals surface area contributed by atoms with E-state index in [4.69, 9.17) is 5.26 Å². The Labute approximate surface area is 106 Å². The van der Waals surface area contributed by atoms with Crippen LogP contribution < -0.4 is 5.32 Å². The maximum absolute atomic E-state index is 12.9. The van der Waals surface area contributed by atoms with Crippen molar-refractivity contribution in [1.82, 2.24) is 4.98 Å². The predicted octanol–water partition coefficient (Wildman–Crippen LogP) is 3.60. The molecule has 0 saturated carbocycles. The smallest absolute Gasteiger partial charge is 0.130 e. The quantitative estimate of drug-likeness (QED) is 0.920. The number of halogens is 2. The van der Waals surface area contributed by atoms with Crippen molar-refractivity contribution in [2.45, 2.75) is 0 Å². The molecule has 0 saturated heterocycles. The normalized spacial score (nSPS) is 9.71. The molecule has 17 heavy (non-hydrogen) atoms. The number of hydrogen-bond acceptors (Lipinski definition) is 3. The number of anilines is 2. The lowest BCUT2D eigenvalue weighted by molar-refractivity contribution is 0.627. The van der Waals surface area contributed by atoms with Gasteiger partial charge in [0.2, 0.25) is 0 Å². The van der Waals surface area contributed by atoms with Crippen LogP contribution in [0.3, 0.4) is 0 Å².